The first kappa shape index (κ1) is 18.1. The van der Waals surface area contributed by atoms with Crippen LogP contribution in [0, 0.1) is 0 Å². The van der Waals surface area contributed by atoms with Crippen LogP contribution in [0.5, 0.6) is 0 Å². The summed E-state index contributed by atoms with van der Waals surface area (Å²) in [6.45, 7) is 4.05. The van der Waals surface area contributed by atoms with Crippen LogP contribution in [0.3, 0.4) is 0 Å². The molecular formula is C27H24O2. The van der Waals surface area contributed by atoms with Gasteiger partial charge in [-0.15, -0.1) is 0 Å². The van der Waals surface area contributed by atoms with E-state index in [1.165, 1.54) is 0 Å². The SMILES string of the molecule is CC(C)O[C@@]1(c2ccccc2)c2cccc3cccc(c23)[C@]1(O)c1ccccc1. The standard InChI is InChI=1S/C27H24O2/c1-19(2)29-27(22-15-7-4-8-16-22)24-18-10-12-20-11-9-17-23(25(20)24)26(27,28)21-13-5-3-6-14-21/h3-19,28H,1-2H3/t26-,27+/m1/s1. The van der Waals surface area contributed by atoms with Crippen molar-refractivity contribution in [1.82, 2.24) is 0 Å². The van der Waals surface area contributed by atoms with Crippen LogP contribution < -0.4 is 0 Å². The molecule has 2 atom stereocenters. The number of hydrogen-bond donors (Lipinski definition) is 1. The van der Waals surface area contributed by atoms with E-state index in [9.17, 15) is 5.11 Å². The maximum Gasteiger partial charge on any atom is 0.156 e. The third kappa shape index (κ3) is 2.37. The van der Waals surface area contributed by atoms with E-state index in [1.54, 1.807) is 0 Å². The van der Waals surface area contributed by atoms with Crippen molar-refractivity contribution in [3.05, 3.63) is 119 Å². The van der Waals surface area contributed by atoms with Crippen molar-refractivity contribution in [2.75, 3.05) is 0 Å². The highest BCUT2D eigenvalue weighted by atomic mass is 16.5. The smallest absolute Gasteiger partial charge is 0.156 e. The molecule has 0 unspecified atom stereocenters. The Labute approximate surface area is 171 Å². The minimum Gasteiger partial charge on any atom is -0.377 e. The van der Waals surface area contributed by atoms with Crippen LogP contribution in [0.4, 0.5) is 0 Å². The molecule has 0 spiro atoms. The van der Waals surface area contributed by atoms with E-state index in [2.05, 4.69) is 36.4 Å². The summed E-state index contributed by atoms with van der Waals surface area (Å²) in [6.07, 6.45) is -0.0880. The molecule has 1 aliphatic carbocycles. The van der Waals surface area contributed by atoms with E-state index < -0.39 is 11.2 Å². The summed E-state index contributed by atoms with van der Waals surface area (Å²) in [6, 6.07) is 32.4. The molecule has 0 amide bonds. The van der Waals surface area contributed by atoms with Crippen LogP contribution in [-0.4, -0.2) is 11.2 Å². The molecule has 144 valence electrons. The Morgan fingerprint density at radius 3 is 1.79 bits per heavy atom. The maximum absolute atomic E-state index is 12.7. The Hall–Kier alpha value is -2.94. The van der Waals surface area contributed by atoms with Crippen LogP contribution in [0.2, 0.25) is 0 Å². The van der Waals surface area contributed by atoms with Gasteiger partial charge in [-0.1, -0.05) is 97.1 Å². The minimum atomic E-state index is -1.36. The monoisotopic (exact) mass is 380 g/mol. The van der Waals surface area contributed by atoms with Gasteiger partial charge in [0.05, 0.1) is 6.10 Å². The van der Waals surface area contributed by atoms with Crippen LogP contribution in [0.1, 0.15) is 36.1 Å². The van der Waals surface area contributed by atoms with Crippen molar-refractivity contribution in [3.63, 3.8) is 0 Å². The lowest BCUT2D eigenvalue weighted by Gasteiger charge is -2.45. The van der Waals surface area contributed by atoms with Gasteiger partial charge in [0, 0.05) is 5.56 Å². The van der Waals surface area contributed by atoms with Gasteiger partial charge in [0.15, 0.2) is 11.2 Å². The van der Waals surface area contributed by atoms with Crippen molar-refractivity contribution in [3.8, 4) is 0 Å². The Morgan fingerprint density at radius 2 is 1.21 bits per heavy atom. The zero-order chi connectivity index (χ0) is 20.1. The van der Waals surface area contributed by atoms with Gasteiger partial charge in [-0.3, -0.25) is 0 Å². The fourth-order valence-electron chi connectivity index (χ4n) is 4.97. The van der Waals surface area contributed by atoms with Crippen LogP contribution in [0.25, 0.3) is 10.8 Å². The lowest BCUT2D eigenvalue weighted by atomic mass is 9.71. The first-order chi connectivity index (χ1) is 14.1. The highest BCUT2D eigenvalue weighted by Gasteiger charge is 2.61. The lowest BCUT2D eigenvalue weighted by molar-refractivity contribution is -0.166. The molecule has 4 aromatic carbocycles. The van der Waals surface area contributed by atoms with Gasteiger partial charge in [-0.05, 0) is 41.3 Å². The Balaban J connectivity index is 1.98. The molecule has 0 heterocycles. The third-order valence-corrected chi connectivity index (χ3v) is 5.97. The average molecular weight is 380 g/mol. The van der Waals surface area contributed by atoms with E-state index in [-0.39, 0.29) is 6.10 Å². The van der Waals surface area contributed by atoms with Crippen LogP contribution >= 0.6 is 0 Å². The van der Waals surface area contributed by atoms with Gasteiger partial charge in [-0.25, -0.2) is 0 Å². The zero-order valence-electron chi connectivity index (χ0n) is 16.7. The molecule has 0 saturated heterocycles. The second-order valence-corrected chi connectivity index (χ2v) is 8.00. The molecule has 5 rings (SSSR count). The van der Waals surface area contributed by atoms with Gasteiger partial charge in [0.2, 0.25) is 0 Å². The summed E-state index contributed by atoms with van der Waals surface area (Å²) in [5.74, 6) is 0. The van der Waals surface area contributed by atoms with Gasteiger partial charge in [0.1, 0.15) is 0 Å². The molecule has 0 radical (unpaired) electrons. The summed E-state index contributed by atoms with van der Waals surface area (Å²) >= 11 is 0. The number of hydrogen-bond acceptors (Lipinski definition) is 2. The third-order valence-electron chi connectivity index (χ3n) is 5.97. The molecule has 0 bridgehead atoms. The lowest BCUT2D eigenvalue weighted by Crippen LogP contribution is -2.51. The zero-order valence-corrected chi connectivity index (χ0v) is 16.7. The predicted molar refractivity (Wildman–Crippen MR) is 117 cm³/mol. The molecule has 29 heavy (non-hydrogen) atoms. The van der Waals surface area contributed by atoms with Crippen molar-refractivity contribution in [2.24, 2.45) is 0 Å². The van der Waals surface area contributed by atoms with Crippen LogP contribution in [0.15, 0.2) is 97.1 Å². The number of rotatable bonds is 4. The molecule has 0 aromatic heterocycles. The molecule has 1 aliphatic rings. The molecule has 2 heteroatoms. The number of ether oxygens (including phenoxy) is 1. The van der Waals surface area contributed by atoms with Gasteiger partial charge in [0.25, 0.3) is 0 Å². The van der Waals surface area contributed by atoms with E-state index >= 15 is 0 Å². The van der Waals surface area contributed by atoms with Gasteiger partial charge < -0.3 is 9.84 Å². The van der Waals surface area contributed by atoms with Gasteiger partial charge >= 0.3 is 0 Å². The molecular weight excluding hydrogens is 356 g/mol. The largest absolute Gasteiger partial charge is 0.377 e. The highest BCUT2D eigenvalue weighted by molar-refractivity contribution is 5.95. The molecule has 0 saturated carbocycles. The fraction of sp³-hybridized carbons (Fsp3) is 0.185. The quantitative estimate of drug-likeness (QED) is 0.488. The van der Waals surface area contributed by atoms with Crippen molar-refractivity contribution < 1.29 is 9.84 Å². The predicted octanol–water partition coefficient (Wildman–Crippen LogP) is 5.76. The van der Waals surface area contributed by atoms with E-state index in [1.807, 2.05) is 74.5 Å². The number of aliphatic hydroxyl groups is 1. The summed E-state index contributed by atoms with van der Waals surface area (Å²) in [4.78, 5) is 0. The highest BCUT2D eigenvalue weighted by Crippen LogP contribution is 2.60. The Bertz CT molecular complexity index is 1160. The summed E-state index contributed by atoms with van der Waals surface area (Å²) in [7, 11) is 0. The van der Waals surface area contributed by atoms with Gasteiger partial charge in [-0.2, -0.15) is 0 Å². The summed E-state index contributed by atoms with van der Waals surface area (Å²) in [5, 5.41) is 14.9. The second kappa shape index (κ2) is 6.55. The summed E-state index contributed by atoms with van der Waals surface area (Å²) < 4.78 is 6.78. The molecule has 4 aromatic rings. The van der Waals surface area contributed by atoms with E-state index in [0.717, 1.165) is 33.0 Å². The van der Waals surface area contributed by atoms with Crippen LogP contribution in [-0.2, 0) is 15.9 Å². The van der Waals surface area contributed by atoms with Crippen molar-refractivity contribution >= 4 is 10.8 Å². The minimum absolute atomic E-state index is 0.0880. The molecule has 1 N–H and O–H groups in total. The normalized spacial score (nSPS) is 23.0. The Morgan fingerprint density at radius 1 is 0.655 bits per heavy atom. The average Bonchev–Trinajstić information content (AvgIpc) is 2.98. The fourth-order valence-corrected chi connectivity index (χ4v) is 4.97. The van der Waals surface area contributed by atoms with Crippen molar-refractivity contribution in [1.29, 1.82) is 0 Å². The first-order valence-corrected chi connectivity index (χ1v) is 10.1. The second-order valence-electron chi connectivity index (χ2n) is 8.00. The topological polar surface area (TPSA) is 29.5 Å². The van der Waals surface area contributed by atoms with E-state index in [0.29, 0.717) is 0 Å². The maximum atomic E-state index is 12.7. The van der Waals surface area contributed by atoms with Crippen molar-refractivity contribution in [2.45, 2.75) is 31.2 Å². The Kier molecular flexibility index (Phi) is 4.09. The first-order valence-electron chi connectivity index (χ1n) is 10.1. The molecule has 2 nitrogen and oxygen atoms in total. The summed E-state index contributed by atoms with van der Waals surface area (Å²) in [5.41, 5.74) is 1.27. The molecule has 0 aliphatic heterocycles. The van der Waals surface area contributed by atoms with E-state index in [4.69, 9.17) is 4.74 Å². The number of benzene rings is 4. The molecule has 0 fully saturated rings.